The predicted molar refractivity (Wildman–Crippen MR) is 64.0 cm³/mol. The fraction of sp³-hybridized carbons (Fsp3) is 0.538. The van der Waals surface area contributed by atoms with Gasteiger partial charge >= 0.3 is 0 Å². The van der Waals surface area contributed by atoms with Gasteiger partial charge in [0, 0.05) is 12.1 Å². The van der Waals surface area contributed by atoms with Gasteiger partial charge in [0.05, 0.1) is 14.2 Å². The molecule has 1 aliphatic rings. The van der Waals surface area contributed by atoms with Crippen LogP contribution in [-0.4, -0.2) is 20.3 Å². The Bertz CT molecular complexity index is 376. The monoisotopic (exact) mass is 221 g/mol. The van der Waals surface area contributed by atoms with Gasteiger partial charge < -0.3 is 15.2 Å². The second kappa shape index (κ2) is 4.34. The molecule has 2 rings (SSSR count). The maximum atomic E-state index is 5.91. The number of ether oxygens (including phenoxy) is 2. The van der Waals surface area contributed by atoms with Gasteiger partial charge in [-0.15, -0.1) is 0 Å². The molecule has 1 saturated carbocycles. The largest absolute Gasteiger partial charge is 0.497 e. The molecule has 0 radical (unpaired) electrons. The van der Waals surface area contributed by atoms with E-state index in [1.807, 2.05) is 12.1 Å². The van der Waals surface area contributed by atoms with E-state index in [0.717, 1.165) is 11.5 Å². The Hall–Kier alpha value is -1.22. The average molecular weight is 221 g/mol. The van der Waals surface area contributed by atoms with Crippen molar-refractivity contribution in [1.29, 1.82) is 0 Å². The second-order valence-electron chi connectivity index (χ2n) is 4.47. The van der Waals surface area contributed by atoms with E-state index in [1.165, 1.54) is 12.0 Å². The van der Waals surface area contributed by atoms with E-state index in [2.05, 4.69) is 13.0 Å². The number of methoxy groups -OCH3 is 2. The molecule has 1 aromatic rings. The zero-order chi connectivity index (χ0) is 11.7. The Balaban J connectivity index is 2.22. The molecule has 88 valence electrons. The maximum absolute atomic E-state index is 5.91. The van der Waals surface area contributed by atoms with E-state index in [9.17, 15) is 0 Å². The van der Waals surface area contributed by atoms with Crippen molar-refractivity contribution in [2.24, 2.45) is 11.7 Å². The molecule has 0 saturated heterocycles. The molecule has 0 spiro atoms. The van der Waals surface area contributed by atoms with Crippen molar-refractivity contribution in [2.75, 3.05) is 14.2 Å². The van der Waals surface area contributed by atoms with Crippen LogP contribution in [0.3, 0.4) is 0 Å². The molecule has 3 atom stereocenters. The van der Waals surface area contributed by atoms with Gasteiger partial charge in [-0.3, -0.25) is 0 Å². The van der Waals surface area contributed by atoms with Crippen LogP contribution >= 0.6 is 0 Å². The zero-order valence-corrected chi connectivity index (χ0v) is 10.1. The van der Waals surface area contributed by atoms with Crippen molar-refractivity contribution in [1.82, 2.24) is 0 Å². The molecular weight excluding hydrogens is 202 g/mol. The molecule has 0 amide bonds. The molecule has 3 nitrogen and oxygen atoms in total. The lowest BCUT2D eigenvalue weighted by Gasteiger charge is -2.11. The summed E-state index contributed by atoms with van der Waals surface area (Å²) in [5, 5.41) is 0. The molecule has 0 bridgehead atoms. The van der Waals surface area contributed by atoms with Gasteiger partial charge in [-0.25, -0.2) is 0 Å². The fourth-order valence-electron chi connectivity index (χ4n) is 2.28. The molecule has 2 N–H and O–H groups in total. The van der Waals surface area contributed by atoms with Gasteiger partial charge in [0.1, 0.15) is 11.5 Å². The Kier molecular flexibility index (Phi) is 3.06. The molecule has 1 aromatic carbocycles. The van der Waals surface area contributed by atoms with E-state index in [-0.39, 0.29) is 6.04 Å². The minimum absolute atomic E-state index is 0.261. The normalized spacial score (nSPS) is 25.0. The van der Waals surface area contributed by atoms with Gasteiger partial charge in [0.15, 0.2) is 0 Å². The van der Waals surface area contributed by atoms with Crippen LogP contribution in [0.4, 0.5) is 0 Å². The minimum atomic E-state index is 0.261. The Morgan fingerprint density at radius 2 is 2.06 bits per heavy atom. The van der Waals surface area contributed by atoms with Crippen LogP contribution in [0.15, 0.2) is 18.2 Å². The molecular formula is C13H19NO2. The Morgan fingerprint density at radius 3 is 2.56 bits per heavy atom. The molecule has 0 aliphatic heterocycles. The van der Waals surface area contributed by atoms with Crippen LogP contribution in [0.25, 0.3) is 0 Å². The van der Waals surface area contributed by atoms with Crippen molar-refractivity contribution < 1.29 is 9.47 Å². The maximum Gasteiger partial charge on any atom is 0.126 e. The zero-order valence-electron chi connectivity index (χ0n) is 10.1. The van der Waals surface area contributed by atoms with E-state index >= 15 is 0 Å². The van der Waals surface area contributed by atoms with E-state index in [0.29, 0.717) is 11.8 Å². The first-order valence-corrected chi connectivity index (χ1v) is 5.65. The van der Waals surface area contributed by atoms with Crippen LogP contribution in [0.5, 0.6) is 11.5 Å². The number of hydrogen-bond donors (Lipinski definition) is 1. The number of benzene rings is 1. The highest BCUT2D eigenvalue weighted by Crippen LogP contribution is 2.52. The summed E-state index contributed by atoms with van der Waals surface area (Å²) in [5.41, 5.74) is 7.16. The van der Waals surface area contributed by atoms with Crippen molar-refractivity contribution >= 4 is 0 Å². The summed E-state index contributed by atoms with van der Waals surface area (Å²) in [6.07, 6.45) is 1.17. The molecule has 0 unspecified atom stereocenters. The summed E-state index contributed by atoms with van der Waals surface area (Å²) in [6, 6.07) is 6.27. The topological polar surface area (TPSA) is 44.5 Å². The highest BCUT2D eigenvalue weighted by Gasteiger charge is 2.42. The van der Waals surface area contributed by atoms with Crippen LogP contribution in [-0.2, 0) is 0 Å². The van der Waals surface area contributed by atoms with Gasteiger partial charge in [0.25, 0.3) is 0 Å². The van der Waals surface area contributed by atoms with Gasteiger partial charge in [0.2, 0.25) is 0 Å². The smallest absolute Gasteiger partial charge is 0.126 e. The summed E-state index contributed by atoms with van der Waals surface area (Å²) in [6.45, 7) is 2.07. The molecule has 0 aromatic heterocycles. The quantitative estimate of drug-likeness (QED) is 0.847. The summed E-state index contributed by atoms with van der Waals surface area (Å²) >= 11 is 0. The first-order chi connectivity index (χ1) is 7.67. The summed E-state index contributed by atoms with van der Waals surface area (Å²) in [7, 11) is 3.36. The van der Waals surface area contributed by atoms with Crippen LogP contribution in [0.2, 0.25) is 0 Å². The molecule has 1 fully saturated rings. The van der Waals surface area contributed by atoms with E-state index in [1.54, 1.807) is 14.2 Å². The number of hydrogen-bond acceptors (Lipinski definition) is 3. The Labute approximate surface area is 96.5 Å². The number of rotatable bonds is 4. The second-order valence-corrected chi connectivity index (χ2v) is 4.47. The highest BCUT2D eigenvalue weighted by molar-refractivity contribution is 5.45. The standard InChI is InChI=1S/C13H19NO2/c1-8(14)11-7-12(11)10-5-4-9(15-2)6-13(10)16-3/h4-6,8,11-12H,7,14H2,1-3H3/t8-,11-,12+/m0/s1. The minimum Gasteiger partial charge on any atom is -0.497 e. The lowest BCUT2D eigenvalue weighted by Crippen LogP contribution is -2.18. The third kappa shape index (κ3) is 2.00. The first-order valence-electron chi connectivity index (χ1n) is 5.65. The van der Waals surface area contributed by atoms with Crippen LogP contribution in [0.1, 0.15) is 24.8 Å². The van der Waals surface area contributed by atoms with E-state index in [4.69, 9.17) is 15.2 Å². The van der Waals surface area contributed by atoms with Crippen molar-refractivity contribution in [3.8, 4) is 11.5 Å². The SMILES string of the molecule is COc1ccc([C@H]2C[C@H]2[C@H](C)N)c(OC)c1. The Morgan fingerprint density at radius 1 is 1.31 bits per heavy atom. The van der Waals surface area contributed by atoms with Crippen LogP contribution in [0, 0.1) is 5.92 Å². The summed E-state index contributed by atoms with van der Waals surface area (Å²) in [5.74, 6) is 2.90. The summed E-state index contributed by atoms with van der Waals surface area (Å²) < 4.78 is 10.6. The molecule has 3 heteroatoms. The predicted octanol–water partition coefficient (Wildman–Crippen LogP) is 2.15. The highest BCUT2D eigenvalue weighted by atomic mass is 16.5. The van der Waals surface area contributed by atoms with E-state index < -0.39 is 0 Å². The molecule has 16 heavy (non-hydrogen) atoms. The van der Waals surface area contributed by atoms with Crippen molar-refractivity contribution in [2.45, 2.75) is 25.3 Å². The third-order valence-corrected chi connectivity index (χ3v) is 3.36. The number of nitrogens with two attached hydrogens (primary N) is 1. The lowest BCUT2D eigenvalue weighted by molar-refractivity contribution is 0.390. The van der Waals surface area contributed by atoms with Crippen LogP contribution < -0.4 is 15.2 Å². The molecule has 1 aliphatic carbocycles. The van der Waals surface area contributed by atoms with Gasteiger partial charge in [-0.05, 0) is 36.8 Å². The molecule has 0 heterocycles. The fourth-order valence-corrected chi connectivity index (χ4v) is 2.28. The lowest BCUT2D eigenvalue weighted by atomic mass is 10.1. The van der Waals surface area contributed by atoms with Crippen molar-refractivity contribution in [3.05, 3.63) is 23.8 Å². The van der Waals surface area contributed by atoms with Gasteiger partial charge in [-0.1, -0.05) is 6.07 Å². The average Bonchev–Trinajstić information content (AvgIpc) is 3.08. The first kappa shape index (κ1) is 11.3. The van der Waals surface area contributed by atoms with Gasteiger partial charge in [-0.2, -0.15) is 0 Å². The van der Waals surface area contributed by atoms with Crippen molar-refractivity contribution in [3.63, 3.8) is 0 Å². The third-order valence-electron chi connectivity index (χ3n) is 3.36. The summed E-state index contributed by atoms with van der Waals surface area (Å²) in [4.78, 5) is 0.